The molecular weight excluding hydrogens is 188 g/mol. The number of nitrogens with zero attached hydrogens (tertiary/aromatic N) is 3. The topological polar surface area (TPSA) is 54.5 Å². The number of tetrazole rings is 1. The third-order valence-electron chi connectivity index (χ3n) is 1.66. The monoisotopic (exact) mass is 204 g/mol. The van der Waals surface area contributed by atoms with Crippen LogP contribution in [0.3, 0.4) is 0 Å². The zero-order chi connectivity index (χ0) is 11.1. The van der Waals surface area contributed by atoms with Crippen molar-refractivity contribution in [3.63, 3.8) is 0 Å². The van der Waals surface area contributed by atoms with Gasteiger partial charge in [0.1, 0.15) is 0 Å². The van der Waals surface area contributed by atoms with Gasteiger partial charge in [-0.2, -0.15) is 5.21 Å². The van der Waals surface area contributed by atoms with Crippen LogP contribution < -0.4 is 0 Å². The molecule has 0 saturated heterocycles. The van der Waals surface area contributed by atoms with E-state index >= 15 is 0 Å². The molecule has 1 N–H and O–H groups in total. The molecule has 0 aliphatic heterocycles. The van der Waals surface area contributed by atoms with E-state index in [1.165, 1.54) is 12.0 Å². The fraction of sp³-hybridized carbons (Fsp3) is 0.364. The van der Waals surface area contributed by atoms with Gasteiger partial charge in [0, 0.05) is 5.56 Å². The zero-order valence-corrected chi connectivity index (χ0v) is 9.36. The first-order chi connectivity index (χ1) is 7.27. The molecule has 15 heavy (non-hydrogen) atoms. The van der Waals surface area contributed by atoms with E-state index in [9.17, 15) is 0 Å². The minimum atomic E-state index is 0.634. The lowest BCUT2D eigenvalue weighted by Crippen LogP contribution is -1.80. The van der Waals surface area contributed by atoms with E-state index < -0.39 is 0 Å². The summed E-state index contributed by atoms with van der Waals surface area (Å²) >= 11 is 0. The summed E-state index contributed by atoms with van der Waals surface area (Å²) in [5.41, 5.74) is 2.21. The maximum Gasteiger partial charge on any atom is 0.204 e. The van der Waals surface area contributed by atoms with Crippen molar-refractivity contribution >= 4 is 0 Å². The summed E-state index contributed by atoms with van der Waals surface area (Å²) in [6, 6.07) is 7.98. The zero-order valence-electron chi connectivity index (χ0n) is 9.36. The molecule has 0 saturated carbocycles. The smallest absolute Gasteiger partial charge is 0.177 e. The summed E-state index contributed by atoms with van der Waals surface area (Å²) in [4.78, 5) is 0. The Kier molecular flexibility index (Phi) is 4.47. The van der Waals surface area contributed by atoms with Gasteiger partial charge in [0.2, 0.25) is 5.82 Å². The molecule has 4 nitrogen and oxygen atoms in total. The fourth-order valence-corrected chi connectivity index (χ4v) is 0.987. The highest BCUT2D eigenvalue weighted by Gasteiger charge is 1.99. The summed E-state index contributed by atoms with van der Waals surface area (Å²) in [6.07, 6.45) is 1.25. The second kappa shape index (κ2) is 5.90. The van der Waals surface area contributed by atoms with Crippen LogP contribution in [0.25, 0.3) is 11.4 Å². The van der Waals surface area contributed by atoms with E-state index in [-0.39, 0.29) is 0 Å². The van der Waals surface area contributed by atoms with Crippen molar-refractivity contribution in [1.82, 2.24) is 20.6 Å². The van der Waals surface area contributed by atoms with Crippen molar-refractivity contribution in [3.8, 4) is 11.4 Å². The molecule has 0 unspecified atom stereocenters. The second-order valence-corrected chi connectivity index (χ2v) is 3.31. The van der Waals surface area contributed by atoms with Crippen molar-refractivity contribution in [2.24, 2.45) is 0 Å². The van der Waals surface area contributed by atoms with Crippen molar-refractivity contribution in [2.45, 2.75) is 27.2 Å². The number of aromatic nitrogens is 4. The van der Waals surface area contributed by atoms with Gasteiger partial charge >= 0.3 is 0 Å². The highest BCUT2D eigenvalue weighted by atomic mass is 15.5. The van der Waals surface area contributed by atoms with Crippen molar-refractivity contribution in [2.75, 3.05) is 0 Å². The van der Waals surface area contributed by atoms with Gasteiger partial charge in [0.25, 0.3) is 0 Å². The normalized spacial score (nSPS) is 9.27. The Morgan fingerprint density at radius 2 is 1.73 bits per heavy atom. The lowest BCUT2D eigenvalue weighted by Gasteiger charge is -1.93. The number of nitrogens with one attached hydrogen (secondary N) is 1. The summed E-state index contributed by atoms with van der Waals surface area (Å²) in [5.74, 6) is 0.634. The second-order valence-electron chi connectivity index (χ2n) is 3.31. The molecule has 0 atom stereocenters. The third-order valence-corrected chi connectivity index (χ3v) is 1.66. The lowest BCUT2D eigenvalue weighted by atomic mass is 10.1. The molecule has 1 aromatic carbocycles. The van der Waals surface area contributed by atoms with Crippen LogP contribution in [-0.2, 0) is 0 Å². The summed E-state index contributed by atoms with van der Waals surface area (Å²) in [7, 11) is 0. The van der Waals surface area contributed by atoms with Crippen LogP contribution in [0.2, 0.25) is 0 Å². The Bertz CT molecular complexity index is 364. The first-order valence-corrected chi connectivity index (χ1v) is 5.08. The van der Waals surface area contributed by atoms with Gasteiger partial charge in [-0.1, -0.05) is 50.1 Å². The van der Waals surface area contributed by atoms with Crippen LogP contribution in [0.1, 0.15) is 25.8 Å². The van der Waals surface area contributed by atoms with Crippen LogP contribution in [0.4, 0.5) is 0 Å². The van der Waals surface area contributed by atoms with Crippen LogP contribution >= 0.6 is 0 Å². The van der Waals surface area contributed by atoms with Gasteiger partial charge < -0.3 is 0 Å². The number of rotatable bonds is 1. The molecule has 2 aromatic rings. The van der Waals surface area contributed by atoms with Gasteiger partial charge in [-0.3, -0.25) is 0 Å². The van der Waals surface area contributed by atoms with Crippen LogP contribution in [-0.4, -0.2) is 20.6 Å². The van der Waals surface area contributed by atoms with Gasteiger partial charge in [-0.25, -0.2) is 0 Å². The minimum Gasteiger partial charge on any atom is -0.177 e. The van der Waals surface area contributed by atoms with Crippen LogP contribution in [0.15, 0.2) is 24.3 Å². The molecule has 1 heterocycles. The third kappa shape index (κ3) is 3.50. The standard InChI is InChI=1S/C8H8N4.C3H8/c1-6-2-4-7(5-3-6)8-9-11-12-10-8;1-3-2/h2-5H,1H3,(H,9,10,11,12);3H2,1-2H3. The first-order valence-electron chi connectivity index (χ1n) is 5.08. The average Bonchev–Trinajstić information content (AvgIpc) is 2.73. The van der Waals surface area contributed by atoms with Crippen LogP contribution in [0, 0.1) is 6.92 Å². The highest BCUT2D eigenvalue weighted by Crippen LogP contribution is 2.12. The molecule has 1 aromatic heterocycles. The Morgan fingerprint density at radius 3 is 2.20 bits per heavy atom. The van der Waals surface area contributed by atoms with Crippen molar-refractivity contribution in [3.05, 3.63) is 29.8 Å². The number of H-pyrrole nitrogens is 1. The van der Waals surface area contributed by atoms with Gasteiger partial charge in [-0.05, 0) is 12.1 Å². The molecule has 4 heteroatoms. The molecule has 2 rings (SSSR count). The predicted octanol–water partition coefficient (Wildman–Crippen LogP) is 2.59. The molecule has 0 aliphatic carbocycles. The summed E-state index contributed by atoms with van der Waals surface area (Å²) < 4.78 is 0. The van der Waals surface area contributed by atoms with E-state index in [1.807, 2.05) is 31.2 Å². The first kappa shape index (κ1) is 11.4. The molecule has 0 fully saturated rings. The molecule has 0 aliphatic rings. The maximum atomic E-state index is 3.87. The molecule has 0 spiro atoms. The van der Waals surface area contributed by atoms with Crippen molar-refractivity contribution in [1.29, 1.82) is 0 Å². The van der Waals surface area contributed by atoms with E-state index in [2.05, 4.69) is 34.5 Å². The predicted molar refractivity (Wildman–Crippen MR) is 60.3 cm³/mol. The van der Waals surface area contributed by atoms with E-state index in [0.717, 1.165) is 5.56 Å². The van der Waals surface area contributed by atoms with Gasteiger partial charge in [0.05, 0.1) is 0 Å². The number of aromatic amines is 1. The molecule has 0 bridgehead atoms. The van der Waals surface area contributed by atoms with Gasteiger partial charge in [-0.15, -0.1) is 10.2 Å². The lowest BCUT2D eigenvalue weighted by molar-refractivity contribution is 0.881. The molecule has 80 valence electrons. The maximum absolute atomic E-state index is 3.87. The highest BCUT2D eigenvalue weighted by molar-refractivity contribution is 5.53. The van der Waals surface area contributed by atoms with E-state index in [1.54, 1.807) is 0 Å². The molecule has 0 amide bonds. The summed E-state index contributed by atoms with van der Waals surface area (Å²) in [6.45, 7) is 6.29. The SMILES string of the molecule is CCC.Cc1ccc(-c2nn[nH]n2)cc1. The van der Waals surface area contributed by atoms with Crippen molar-refractivity contribution < 1.29 is 0 Å². The number of hydrogen-bond acceptors (Lipinski definition) is 3. The average molecular weight is 204 g/mol. The Hall–Kier alpha value is -1.71. The number of hydrogen-bond donors (Lipinski definition) is 1. The summed E-state index contributed by atoms with van der Waals surface area (Å²) in [5, 5.41) is 13.6. The van der Waals surface area contributed by atoms with Crippen LogP contribution in [0.5, 0.6) is 0 Å². The molecular formula is C11H16N4. The van der Waals surface area contributed by atoms with E-state index in [4.69, 9.17) is 0 Å². The minimum absolute atomic E-state index is 0.634. The molecule has 0 radical (unpaired) electrons. The quantitative estimate of drug-likeness (QED) is 0.776. The Balaban J connectivity index is 0.000000337. The largest absolute Gasteiger partial charge is 0.204 e. The number of benzene rings is 1. The Morgan fingerprint density at radius 1 is 1.13 bits per heavy atom. The Labute approximate surface area is 89.7 Å². The van der Waals surface area contributed by atoms with E-state index in [0.29, 0.717) is 5.82 Å². The number of aryl methyl sites for hydroxylation is 1. The van der Waals surface area contributed by atoms with Gasteiger partial charge in [0.15, 0.2) is 0 Å². The fourth-order valence-electron chi connectivity index (χ4n) is 0.987.